The SMILES string of the molecule is CC(C)[C@H](NC(=O)CCCCCN1C(=O)C=CC1=O)C(=O)N[C@@H](CCCNC(N)=O)C(=O)Nc1ccc(COC(=O)N[C@@H](CF)CCN(C(=O)[C@H](C)O)[C@@H](c2nc(-c3cc(F)ccc3F)cn2Cc2ccccc2)C(C)(C)C)cc1. The first kappa shape index (κ1) is 62.8. The monoisotopic (exact) mass is 1110 g/mol. The molecule has 8 N–H and O–H groups in total. The molecular formula is C57H73F3N10O10. The van der Waals surface area contributed by atoms with Gasteiger partial charge in [-0.2, -0.15) is 0 Å². The number of hydrogen-bond acceptors (Lipinski definition) is 11. The summed E-state index contributed by atoms with van der Waals surface area (Å²) in [4.78, 5) is 110. The number of alkyl halides is 1. The molecule has 9 amide bonds. The Labute approximate surface area is 463 Å². The minimum absolute atomic E-state index is 0.0719. The summed E-state index contributed by atoms with van der Waals surface area (Å²) >= 11 is 0. The fraction of sp³-hybridized carbons (Fsp3) is 0.456. The van der Waals surface area contributed by atoms with Crippen molar-refractivity contribution >= 4 is 53.3 Å². The van der Waals surface area contributed by atoms with Crippen LogP contribution in [-0.4, -0.2) is 123 Å². The van der Waals surface area contributed by atoms with Crippen LogP contribution in [0.25, 0.3) is 11.3 Å². The van der Waals surface area contributed by atoms with Crippen LogP contribution in [-0.2, 0) is 46.7 Å². The average molecular weight is 1120 g/mol. The first-order valence-corrected chi connectivity index (χ1v) is 26.6. The van der Waals surface area contributed by atoms with Crippen LogP contribution in [0.3, 0.4) is 0 Å². The quantitative estimate of drug-likeness (QED) is 0.0233. The molecule has 23 heteroatoms. The van der Waals surface area contributed by atoms with Gasteiger partial charge in [0.05, 0.1) is 17.8 Å². The number of primary amides is 1. The maximum absolute atomic E-state index is 15.2. The van der Waals surface area contributed by atoms with E-state index in [1.165, 1.54) is 36.1 Å². The first-order valence-electron chi connectivity index (χ1n) is 26.6. The number of nitrogens with zero attached hydrogens (tertiary/aromatic N) is 4. The number of hydrogen-bond donors (Lipinski definition) is 7. The lowest BCUT2D eigenvalue weighted by atomic mass is 9.84. The summed E-state index contributed by atoms with van der Waals surface area (Å²) in [5.74, 6) is -4.59. The molecule has 2 heterocycles. The molecule has 0 fully saturated rings. The number of nitrogens with two attached hydrogens (primary N) is 1. The molecule has 80 heavy (non-hydrogen) atoms. The van der Waals surface area contributed by atoms with Crippen molar-refractivity contribution < 1.29 is 61.4 Å². The van der Waals surface area contributed by atoms with Crippen molar-refractivity contribution in [1.82, 2.24) is 40.6 Å². The lowest BCUT2D eigenvalue weighted by Gasteiger charge is -2.41. The highest BCUT2D eigenvalue weighted by Gasteiger charge is 2.40. The molecule has 3 aromatic carbocycles. The van der Waals surface area contributed by atoms with Gasteiger partial charge in [0.1, 0.15) is 48.9 Å². The first-order chi connectivity index (χ1) is 37.9. The van der Waals surface area contributed by atoms with Crippen LogP contribution >= 0.6 is 0 Å². The zero-order valence-electron chi connectivity index (χ0n) is 45.9. The van der Waals surface area contributed by atoms with E-state index in [0.717, 1.165) is 28.7 Å². The second-order valence-corrected chi connectivity index (χ2v) is 21.0. The Morgan fingerprint density at radius 1 is 0.825 bits per heavy atom. The van der Waals surface area contributed by atoms with Crippen molar-refractivity contribution in [3.63, 3.8) is 0 Å². The van der Waals surface area contributed by atoms with E-state index >= 15 is 4.39 Å². The summed E-state index contributed by atoms with van der Waals surface area (Å²) < 4.78 is 51.6. The molecule has 1 aliphatic rings. The molecular weight excluding hydrogens is 1040 g/mol. The lowest BCUT2D eigenvalue weighted by Crippen LogP contribution is -2.54. The fourth-order valence-electron chi connectivity index (χ4n) is 8.95. The maximum atomic E-state index is 15.2. The van der Waals surface area contributed by atoms with Gasteiger partial charge < -0.3 is 51.6 Å². The number of aliphatic hydroxyl groups excluding tert-OH is 1. The molecule has 4 aromatic rings. The summed E-state index contributed by atoms with van der Waals surface area (Å²) in [7, 11) is 0. The summed E-state index contributed by atoms with van der Waals surface area (Å²) in [6.45, 7) is 9.32. The molecule has 5 rings (SSSR count). The molecule has 0 saturated heterocycles. The third-order valence-electron chi connectivity index (χ3n) is 13.1. The number of urea groups is 1. The largest absolute Gasteiger partial charge is 0.445 e. The third-order valence-corrected chi connectivity index (χ3v) is 13.1. The number of amides is 9. The molecule has 0 aliphatic carbocycles. The van der Waals surface area contributed by atoms with Crippen molar-refractivity contribution in [2.24, 2.45) is 17.1 Å². The van der Waals surface area contributed by atoms with Crippen LogP contribution in [0.5, 0.6) is 0 Å². The smallest absolute Gasteiger partial charge is 0.407 e. The summed E-state index contributed by atoms with van der Waals surface area (Å²) in [6, 6.07) is 13.5. The molecule has 0 radical (unpaired) electrons. The number of alkyl carbamates (subject to hydrolysis) is 1. The Morgan fingerprint density at radius 3 is 2.14 bits per heavy atom. The van der Waals surface area contributed by atoms with Crippen molar-refractivity contribution in [1.29, 1.82) is 0 Å². The van der Waals surface area contributed by atoms with E-state index in [-0.39, 0.29) is 93.3 Å². The van der Waals surface area contributed by atoms with Gasteiger partial charge >= 0.3 is 12.1 Å². The van der Waals surface area contributed by atoms with E-state index in [2.05, 4.69) is 26.6 Å². The van der Waals surface area contributed by atoms with Crippen LogP contribution in [0.1, 0.15) is 109 Å². The van der Waals surface area contributed by atoms with Crippen molar-refractivity contribution in [3.8, 4) is 11.3 Å². The van der Waals surface area contributed by atoms with Gasteiger partial charge in [-0.1, -0.05) is 83.5 Å². The van der Waals surface area contributed by atoms with E-state index in [0.29, 0.717) is 30.5 Å². The number of nitrogens with one attached hydrogen (secondary N) is 5. The summed E-state index contributed by atoms with van der Waals surface area (Å²) in [5.41, 5.74) is 6.02. The van der Waals surface area contributed by atoms with Gasteiger partial charge in [0.15, 0.2) is 0 Å². The number of imidazole rings is 1. The molecule has 0 unspecified atom stereocenters. The number of unbranched alkanes of at least 4 members (excludes halogenated alkanes) is 2. The van der Waals surface area contributed by atoms with Crippen molar-refractivity contribution in [2.45, 2.75) is 130 Å². The van der Waals surface area contributed by atoms with Gasteiger partial charge in [-0.15, -0.1) is 0 Å². The highest BCUT2D eigenvalue weighted by molar-refractivity contribution is 6.12. The van der Waals surface area contributed by atoms with Gasteiger partial charge in [0.25, 0.3) is 17.7 Å². The highest BCUT2D eigenvalue weighted by atomic mass is 19.1. The molecule has 0 bridgehead atoms. The number of rotatable bonds is 29. The Morgan fingerprint density at radius 2 is 1.51 bits per heavy atom. The number of aromatic nitrogens is 2. The van der Waals surface area contributed by atoms with Crippen molar-refractivity contribution in [2.75, 3.05) is 31.6 Å². The van der Waals surface area contributed by atoms with Crippen LogP contribution < -0.4 is 32.3 Å². The van der Waals surface area contributed by atoms with Gasteiger partial charge in [-0.3, -0.25) is 33.7 Å². The van der Waals surface area contributed by atoms with E-state index in [1.807, 2.05) is 51.1 Å². The third kappa shape index (κ3) is 18.8. The van der Waals surface area contributed by atoms with E-state index in [4.69, 9.17) is 15.5 Å². The predicted octanol–water partition coefficient (Wildman–Crippen LogP) is 6.33. The zero-order chi connectivity index (χ0) is 58.7. The van der Waals surface area contributed by atoms with Gasteiger partial charge in [-0.05, 0) is 91.8 Å². The minimum atomic E-state index is -1.51. The van der Waals surface area contributed by atoms with Crippen LogP contribution in [0, 0.1) is 23.0 Å². The van der Waals surface area contributed by atoms with E-state index < -0.39 is 89.7 Å². The van der Waals surface area contributed by atoms with Crippen molar-refractivity contribution in [3.05, 3.63) is 120 Å². The summed E-state index contributed by atoms with van der Waals surface area (Å²) in [6.07, 6.45) is 3.24. The Hall–Kier alpha value is -8.08. The second-order valence-electron chi connectivity index (χ2n) is 21.0. The highest BCUT2D eigenvalue weighted by Crippen LogP contribution is 2.40. The molecule has 1 aromatic heterocycles. The Balaban J connectivity index is 1.20. The Kier molecular flexibility index (Phi) is 23.4. The second kappa shape index (κ2) is 29.8. The maximum Gasteiger partial charge on any atom is 0.407 e. The molecule has 5 atom stereocenters. The molecule has 1 aliphatic heterocycles. The molecule has 432 valence electrons. The standard InChI is InChI=1S/C57H73F3N10O10/c1-35(2)49(67-46(72)17-11-8-12-28-69-47(73)24-25-48(69)74)53(76)66-44(16-13-27-62-55(61)78)52(75)63-40-21-18-38(19-22-40)34-80-56(79)64-41(31-58)26-29-70(54(77)36(3)71)50(57(4,5)6)51-65-45(42-30-39(59)20-23-43(42)60)33-68(51)32-37-14-9-7-10-15-37/h7,9-10,14-15,18-25,30,33,35-36,41,44,49-50,71H,8,11-13,16-17,26-29,31-32,34H2,1-6H3,(H,63,75)(H,64,79)(H,66,76)(H,67,72)(H3,61,62,78)/t36-,41+,44-,49-,50-/m0/s1. The zero-order valence-corrected chi connectivity index (χ0v) is 45.9. The topological polar surface area (TPSA) is 276 Å². The van der Waals surface area contributed by atoms with Crippen LogP contribution in [0.4, 0.5) is 28.4 Å². The number of imide groups is 1. The van der Waals surface area contributed by atoms with E-state index in [1.54, 1.807) is 36.7 Å². The number of halogens is 3. The number of carbonyl (C=O) groups is 8. The number of anilines is 1. The summed E-state index contributed by atoms with van der Waals surface area (Å²) in [5, 5.41) is 23.8. The lowest BCUT2D eigenvalue weighted by molar-refractivity contribution is -0.145. The number of carbonyl (C=O) groups excluding carboxylic acids is 8. The minimum Gasteiger partial charge on any atom is -0.445 e. The molecule has 0 saturated carbocycles. The average Bonchev–Trinajstić information content (AvgIpc) is 4.03. The van der Waals surface area contributed by atoms with Gasteiger partial charge in [-0.25, -0.2) is 27.7 Å². The van der Waals surface area contributed by atoms with Gasteiger partial charge in [0.2, 0.25) is 17.7 Å². The van der Waals surface area contributed by atoms with Crippen LogP contribution in [0.2, 0.25) is 0 Å². The molecule has 0 spiro atoms. The fourth-order valence-corrected chi connectivity index (χ4v) is 8.95. The Bertz CT molecular complexity index is 2800. The number of benzene rings is 3. The number of aliphatic hydroxyl groups is 1. The normalized spacial score (nSPS) is 14.2. The predicted molar refractivity (Wildman–Crippen MR) is 291 cm³/mol. The van der Waals surface area contributed by atoms with Crippen LogP contribution in [0.15, 0.2) is 91.1 Å². The van der Waals surface area contributed by atoms with Gasteiger partial charge in [0, 0.05) is 62.2 Å². The number of ether oxygens (including phenoxy) is 1. The van der Waals surface area contributed by atoms with E-state index in [9.17, 15) is 52.2 Å². The molecule has 20 nitrogen and oxygen atoms in total.